The Labute approximate surface area is 136 Å². The quantitative estimate of drug-likeness (QED) is 0.838. The van der Waals surface area contributed by atoms with E-state index >= 15 is 0 Å². The van der Waals surface area contributed by atoms with Gasteiger partial charge in [0, 0.05) is 45.9 Å². The maximum Gasteiger partial charge on any atom is 0.232 e. The number of aromatic nitrogens is 1. The van der Waals surface area contributed by atoms with Crippen LogP contribution in [0.2, 0.25) is 0 Å². The Balaban J connectivity index is 1.54. The monoisotopic (exact) mass is 322 g/mol. The molecule has 1 atom stereocenters. The number of rotatable bonds is 5. The minimum absolute atomic E-state index is 0.236. The van der Waals surface area contributed by atoms with Gasteiger partial charge in [0.05, 0.1) is 24.3 Å². The smallest absolute Gasteiger partial charge is 0.232 e. The van der Waals surface area contributed by atoms with Crippen LogP contribution in [0.15, 0.2) is 10.6 Å². The number of hydrogen-bond donors (Lipinski definition) is 1. The second-order valence-electron chi connectivity index (χ2n) is 6.64. The van der Waals surface area contributed by atoms with Crippen molar-refractivity contribution >= 4 is 5.91 Å². The highest BCUT2D eigenvalue weighted by Crippen LogP contribution is 2.29. The Hall–Kier alpha value is -1.44. The van der Waals surface area contributed by atoms with E-state index in [-0.39, 0.29) is 11.3 Å². The maximum atomic E-state index is 12.9. The molecule has 2 aliphatic rings. The van der Waals surface area contributed by atoms with Crippen molar-refractivity contribution in [2.24, 2.45) is 5.41 Å². The third kappa shape index (κ3) is 3.57. The maximum absolute atomic E-state index is 12.9. The molecule has 7 heteroatoms. The topological polar surface area (TPSA) is 70.8 Å². The number of hydrogen-bond acceptors (Lipinski definition) is 6. The molecule has 3 rings (SSSR count). The summed E-state index contributed by atoms with van der Waals surface area (Å²) in [5.41, 5.74) is 0.531. The van der Waals surface area contributed by atoms with E-state index in [1.54, 1.807) is 7.11 Å². The van der Waals surface area contributed by atoms with E-state index < -0.39 is 0 Å². The molecule has 7 nitrogen and oxygen atoms in total. The van der Waals surface area contributed by atoms with Gasteiger partial charge in [0.1, 0.15) is 0 Å². The Bertz CT molecular complexity index is 531. The standard InChI is InChI=1S/C16H26N4O3/c1-13-9-14(23-18-13)10-19-5-7-20(8-6-19)15(21)16(12-22-2)3-4-17-11-16/h9,17H,3-8,10-12H2,1-2H3. The van der Waals surface area contributed by atoms with Crippen molar-refractivity contribution in [3.8, 4) is 0 Å². The number of piperazine rings is 1. The highest BCUT2D eigenvalue weighted by atomic mass is 16.5. The van der Waals surface area contributed by atoms with Crippen LogP contribution in [0.5, 0.6) is 0 Å². The van der Waals surface area contributed by atoms with E-state index in [4.69, 9.17) is 9.26 Å². The molecule has 0 saturated carbocycles. The average Bonchev–Trinajstić information content (AvgIpc) is 3.18. The van der Waals surface area contributed by atoms with Gasteiger partial charge >= 0.3 is 0 Å². The van der Waals surface area contributed by atoms with Crippen LogP contribution in [-0.2, 0) is 16.1 Å². The fourth-order valence-corrected chi connectivity index (χ4v) is 3.54. The Morgan fingerprint density at radius 2 is 2.22 bits per heavy atom. The predicted molar refractivity (Wildman–Crippen MR) is 84.9 cm³/mol. The van der Waals surface area contributed by atoms with Crippen LogP contribution >= 0.6 is 0 Å². The molecule has 2 aliphatic heterocycles. The first-order chi connectivity index (χ1) is 11.1. The van der Waals surface area contributed by atoms with Gasteiger partial charge in [0.2, 0.25) is 5.91 Å². The molecule has 0 aromatic carbocycles. The molecule has 0 bridgehead atoms. The third-order valence-corrected chi connectivity index (χ3v) is 4.83. The van der Waals surface area contributed by atoms with E-state index in [1.807, 2.05) is 17.9 Å². The van der Waals surface area contributed by atoms with Crippen molar-refractivity contribution in [3.63, 3.8) is 0 Å². The molecule has 0 spiro atoms. The molecule has 1 amide bonds. The first kappa shape index (κ1) is 16.4. The summed E-state index contributed by atoms with van der Waals surface area (Å²) < 4.78 is 10.6. The number of carbonyl (C=O) groups is 1. The van der Waals surface area contributed by atoms with Crippen molar-refractivity contribution < 1.29 is 14.1 Å². The van der Waals surface area contributed by atoms with Crippen LogP contribution in [0.4, 0.5) is 0 Å². The lowest BCUT2D eigenvalue weighted by atomic mass is 9.86. The summed E-state index contributed by atoms with van der Waals surface area (Å²) in [6.07, 6.45) is 0.858. The van der Waals surface area contributed by atoms with Gasteiger partial charge in [0.15, 0.2) is 5.76 Å². The van der Waals surface area contributed by atoms with E-state index in [2.05, 4.69) is 15.4 Å². The molecule has 0 radical (unpaired) electrons. The SMILES string of the molecule is COCC1(C(=O)N2CCN(Cc3cc(C)no3)CC2)CCNC1. The van der Waals surface area contributed by atoms with E-state index in [1.165, 1.54) is 0 Å². The van der Waals surface area contributed by atoms with Gasteiger partial charge in [-0.25, -0.2) is 0 Å². The number of aryl methyl sites for hydroxylation is 1. The molecule has 2 saturated heterocycles. The van der Waals surface area contributed by atoms with Crippen LogP contribution < -0.4 is 5.32 Å². The lowest BCUT2D eigenvalue weighted by molar-refractivity contribution is -0.146. The third-order valence-electron chi connectivity index (χ3n) is 4.83. The average molecular weight is 322 g/mol. The summed E-state index contributed by atoms with van der Waals surface area (Å²) in [4.78, 5) is 17.2. The van der Waals surface area contributed by atoms with Gasteiger partial charge in [0.25, 0.3) is 0 Å². The van der Waals surface area contributed by atoms with Gasteiger partial charge in [-0.2, -0.15) is 0 Å². The minimum atomic E-state index is -0.376. The number of methoxy groups -OCH3 is 1. The van der Waals surface area contributed by atoms with Gasteiger partial charge in [-0.3, -0.25) is 9.69 Å². The van der Waals surface area contributed by atoms with Crippen molar-refractivity contribution in [3.05, 3.63) is 17.5 Å². The molecule has 1 N–H and O–H groups in total. The first-order valence-corrected chi connectivity index (χ1v) is 8.26. The molecule has 2 fully saturated rings. The minimum Gasteiger partial charge on any atom is -0.384 e. The molecule has 23 heavy (non-hydrogen) atoms. The summed E-state index contributed by atoms with van der Waals surface area (Å²) >= 11 is 0. The Kier molecular flexibility index (Phi) is 4.99. The molecule has 0 aliphatic carbocycles. The van der Waals surface area contributed by atoms with Crippen molar-refractivity contribution in [1.29, 1.82) is 0 Å². The molecule has 3 heterocycles. The van der Waals surface area contributed by atoms with Crippen molar-refractivity contribution in [1.82, 2.24) is 20.3 Å². The van der Waals surface area contributed by atoms with Crippen LogP contribution in [0.1, 0.15) is 17.9 Å². The molecule has 1 unspecified atom stereocenters. The molecule has 1 aromatic rings. The summed E-state index contributed by atoms with van der Waals surface area (Å²) in [7, 11) is 1.67. The van der Waals surface area contributed by atoms with Gasteiger partial charge in [-0.05, 0) is 19.9 Å². The molecular formula is C16H26N4O3. The Morgan fingerprint density at radius 3 is 2.78 bits per heavy atom. The molecule has 1 aromatic heterocycles. The summed E-state index contributed by atoms with van der Waals surface area (Å²) in [6, 6.07) is 1.97. The normalized spacial score (nSPS) is 25.9. The summed E-state index contributed by atoms with van der Waals surface area (Å²) in [5, 5.41) is 7.22. The number of carbonyl (C=O) groups excluding carboxylic acids is 1. The van der Waals surface area contributed by atoms with E-state index in [0.717, 1.165) is 63.7 Å². The van der Waals surface area contributed by atoms with Crippen LogP contribution in [0.25, 0.3) is 0 Å². The van der Waals surface area contributed by atoms with E-state index in [0.29, 0.717) is 6.61 Å². The van der Waals surface area contributed by atoms with Gasteiger partial charge in [-0.15, -0.1) is 0 Å². The number of nitrogens with one attached hydrogen (secondary N) is 1. The van der Waals surface area contributed by atoms with Crippen molar-refractivity contribution in [2.75, 3.05) is 53.0 Å². The highest BCUT2D eigenvalue weighted by Gasteiger charge is 2.44. The molecular weight excluding hydrogens is 296 g/mol. The lowest BCUT2D eigenvalue weighted by Gasteiger charge is -2.39. The molecule has 128 valence electrons. The van der Waals surface area contributed by atoms with Crippen molar-refractivity contribution in [2.45, 2.75) is 19.9 Å². The van der Waals surface area contributed by atoms with Gasteiger partial charge in [-0.1, -0.05) is 5.16 Å². The fraction of sp³-hybridized carbons (Fsp3) is 0.750. The van der Waals surface area contributed by atoms with Crippen LogP contribution in [-0.4, -0.2) is 73.8 Å². The lowest BCUT2D eigenvalue weighted by Crippen LogP contribution is -2.54. The first-order valence-electron chi connectivity index (χ1n) is 8.26. The second kappa shape index (κ2) is 6.98. The van der Waals surface area contributed by atoms with E-state index in [9.17, 15) is 4.79 Å². The summed E-state index contributed by atoms with van der Waals surface area (Å²) in [5.74, 6) is 1.12. The number of amides is 1. The fourth-order valence-electron chi connectivity index (χ4n) is 3.54. The van der Waals surface area contributed by atoms with Crippen LogP contribution in [0.3, 0.4) is 0 Å². The van der Waals surface area contributed by atoms with Crippen LogP contribution in [0, 0.1) is 12.3 Å². The largest absolute Gasteiger partial charge is 0.384 e. The summed E-state index contributed by atoms with van der Waals surface area (Å²) in [6.45, 7) is 8.04. The zero-order valence-electron chi connectivity index (χ0n) is 14.0. The zero-order valence-corrected chi connectivity index (χ0v) is 14.0. The zero-order chi connectivity index (χ0) is 16.3. The highest BCUT2D eigenvalue weighted by molar-refractivity contribution is 5.83. The number of ether oxygens (including phenoxy) is 1. The second-order valence-corrected chi connectivity index (χ2v) is 6.64. The van der Waals surface area contributed by atoms with Gasteiger partial charge < -0.3 is 19.5 Å². The Morgan fingerprint density at radius 1 is 1.43 bits per heavy atom. The predicted octanol–water partition coefficient (Wildman–Crippen LogP) is 0.253. The number of nitrogens with zero attached hydrogens (tertiary/aromatic N) is 3.